The topological polar surface area (TPSA) is 128 Å². The van der Waals surface area contributed by atoms with Gasteiger partial charge in [0.25, 0.3) is 5.91 Å². The number of aromatic nitrogens is 2. The zero-order valence-corrected chi connectivity index (χ0v) is 17.6. The predicted molar refractivity (Wildman–Crippen MR) is 120 cm³/mol. The Bertz CT molecular complexity index is 1080. The zero-order chi connectivity index (χ0) is 22.4. The molecule has 0 radical (unpaired) electrons. The Balaban J connectivity index is 1.93. The number of carbonyl (C=O) groups excluding carboxylic acids is 1. The van der Waals surface area contributed by atoms with Crippen LogP contribution in [0.1, 0.15) is 36.5 Å². The Labute approximate surface area is 180 Å². The number of nitrogens with two attached hydrogens (primary N) is 2. The molecule has 3 aromatic rings. The molecule has 0 aliphatic carbocycles. The van der Waals surface area contributed by atoms with Crippen molar-refractivity contribution in [3.8, 4) is 5.75 Å². The summed E-state index contributed by atoms with van der Waals surface area (Å²) in [6.07, 6.45) is 4.33. The van der Waals surface area contributed by atoms with Crippen LogP contribution in [0.25, 0.3) is 10.9 Å². The fourth-order valence-corrected chi connectivity index (χ4v) is 3.20. The molecule has 0 saturated carbocycles. The average molecular weight is 426 g/mol. The molecule has 9 heteroatoms. The summed E-state index contributed by atoms with van der Waals surface area (Å²) in [7, 11) is 1.59. The van der Waals surface area contributed by atoms with Crippen LogP contribution >= 0.6 is 0 Å². The molecule has 1 atom stereocenters. The van der Waals surface area contributed by atoms with Crippen LogP contribution in [-0.4, -0.2) is 35.6 Å². The minimum absolute atomic E-state index is 0.0116. The molecule has 1 unspecified atom stereocenters. The molecule has 31 heavy (non-hydrogen) atoms. The Morgan fingerprint density at radius 3 is 2.74 bits per heavy atom. The lowest BCUT2D eigenvalue weighted by Crippen LogP contribution is -2.30. The number of nitrogens with zero attached hydrogens (tertiary/aromatic N) is 2. The van der Waals surface area contributed by atoms with Crippen molar-refractivity contribution in [3.63, 3.8) is 0 Å². The Morgan fingerprint density at radius 2 is 2.06 bits per heavy atom. The molecular formula is C22H27FN6O2. The van der Waals surface area contributed by atoms with Gasteiger partial charge in [-0.05, 0) is 30.7 Å². The van der Waals surface area contributed by atoms with Gasteiger partial charge in [0.15, 0.2) is 11.6 Å². The van der Waals surface area contributed by atoms with Crippen LogP contribution in [0.2, 0.25) is 0 Å². The van der Waals surface area contributed by atoms with Gasteiger partial charge in [-0.25, -0.2) is 9.37 Å². The van der Waals surface area contributed by atoms with Gasteiger partial charge in [0.1, 0.15) is 11.6 Å². The molecule has 0 aliphatic rings. The van der Waals surface area contributed by atoms with Gasteiger partial charge in [-0.1, -0.05) is 19.8 Å². The fraction of sp³-hybridized carbons (Fsp3) is 0.318. The summed E-state index contributed by atoms with van der Waals surface area (Å²) < 4.78 is 19.8. The number of halogens is 1. The monoisotopic (exact) mass is 426 g/mol. The van der Waals surface area contributed by atoms with Crippen molar-refractivity contribution in [2.75, 3.05) is 24.3 Å². The van der Waals surface area contributed by atoms with E-state index in [1.165, 1.54) is 0 Å². The van der Waals surface area contributed by atoms with Crippen LogP contribution in [-0.2, 0) is 0 Å². The third kappa shape index (κ3) is 5.37. The maximum absolute atomic E-state index is 14.6. The van der Waals surface area contributed by atoms with Crippen molar-refractivity contribution in [1.82, 2.24) is 9.97 Å². The molecule has 8 nitrogen and oxygen atoms in total. The van der Waals surface area contributed by atoms with Gasteiger partial charge in [-0.15, -0.1) is 0 Å². The highest BCUT2D eigenvalue weighted by molar-refractivity contribution is 5.99. The Kier molecular flexibility index (Phi) is 7.19. The molecule has 1 amide bonds. The normalized spacial score (nSPS) is 11.9. The van der Waals surface area contributed by atoms with Crippen molar-refractivity contribution >= 4 is 34.1 Å². The average Bonchev–Trinajstić information content (AvgIpc) is 2.77. The number of methoxy groups -OCH3 is 1. The Hall–Kier alpha value is -3.46. The van der Waals surface area contributed by atoms with Crippen LogP contribution in [0.3, 0.4) is 0 Å². The number of amides is 1. The van der Waals surface area contributed by atoms with E-state index in [2.05, 4.69) is 27.5 Å². The van der Waals surface area contributed by atoms with Crippen LogP contribution < -0.4 is 26.8 Å². The van der Waals surface area contributed by atoms with Crippen LogP contribution in [0.4, 0.5) is 21.7 Å². The molecule has 0 saturated heterocycles. The summed E-state index contributed by atoms with van der Waals surface area (Å²) in [5, 5.41) is 6.92. The first-order valence-corrected chi connectivity index (χ1v) is 10.1. The van der Waals surface area contributed by atoms with Crippen LogP contribution in [0.15, 0.2) is 36.5 Å². The summed E-state index contributed by atoms with van der Waals surface area (Å²) in [5.41, 5.74) is 12.5. The lowest BCUT2D eigenvalue weighted by molar-refractivity contribution is 0.100. The number of nitrogens with one attached hydrogen (secondary N) is 2. The van der Waals surface area contributed by atoms with Gasteiger partial charge in [0.05, 0.1) is 30.1 Å². The van der Waals surface area contributed by atoms with Gasteiger partial charge in [-0.3, -0.25) is 9.78 Å². The van der Waals surface area contributed by atoms with Crippen molar-refractivity contribution in [2.45, 2.75) is 32.2 Å². The molecule has 2 heterocycles. The number of anilines is 3. The van der Waals surface area contributed by atoms with Gasteiger partial charge in [0, 0.05) is 24.0 Å². The van der Waals surface area contributed by atoms with E-state index < -0.39 is 11.7 Å². The van der Waals surface area contributed by atoms with E-state index in [4.69, 9.17) is 16.2 Å². The highest BCUT2D eigenvalue weighted by Crippen LogP contribution is 2.27. The number of pyridine rings is 2. The molecule has 3 rings (SSSR count). The smallest absolute Gasteiger partial charge is 0.252 e. The predicted octanol–water partition coefficient (Wildman–Crippen LogP) is 3.55. The number of primary amides is 1. The largest absolute Gasteiger partial charge is 0.497 e. The second kappa shape index (κ2) is 10.0. The lowest BCUT2D eigenvalue weighted by atomic mass is 10.1. The van der Waals surface area contributed by atoms with Crippen molar-refractivity contribution in [3.05, 3.63) is 47.9 Å². The molecule has 0 aliphatic heterocycles. The van der Waals surface area contributed by atoms with Crippen molar-refractivity contribution < 1.29 is 13.9 Å². The number of ether oxygens (including phenoxy) is 1. The molecule has 2 aromatic heterocycles. The number of carbonyl (C=O) groups is 1. The van der Waals surface area contributed by atoms with E-state index in [1.54, 1.807) is 13.3 Å². The third-order valence-electron chi connectivity index (χ3n) is 4.93. The second-order valence-electron chi connectivity index (χ2n) is 7.21. The third-order valence-corrected chi connectivity index (χ3v) is 4.93. The Morgan fingerprint density at radius 1 is 1.26 bits per heavy atom. The second-order valence-corrected chi connectivity index (χ2v) is 7.21. The number of unbranched alkanes of at least 4 members (excludes halogenated alkanes) is 1. The summed E-state index contributed by atoms with van der Waals surface area (Å²) >= 11 is 0. The standard InChI is InChI=1S/C22H27FN6O2/c1-3-4-5-14(11-24)27-22-18(23)10-17(20(25)30)21(29-22)28-15-8-13-6-7-16(31-2)9-19(13)26-12-15/h6-10,12,14H,3-5,11,24H2,1-2H3,(H2,25,30)(H2,27,28,29). The number of hydrogen-bond acceptors (Lipinski definition) is 7. The lowest BCUT2D eigenvalue weighted by Gasteiger charge is -2.19. The summed E-state index contributed by atoms with van der Waals surface area (Å²) in [5.74, 6) is -0.613. The van der Waals surface area contributed by atoms with Gasteiger partial charge in [0.2, 0.25) is 0 Å². The van der Waals surface area contributed by atoms with Gasteiger partial charge >= 0.3 is 0 Å². The SMILES string of the molecule is CCCCC(CN)Nc1nc(Nc2cnc3cc(OC)ccc3c2)c(C(N)=O)cc1F. The number of benzene rings is 1. The molecule has 0 bridgehead atoms. The maximum Gasteiger partial charge on any atom is 0.252 e. The first-order valence-electron chi connectivity index (χ1n) is 10.1. The molecule has 6 N–H and O–H groups in total. The molecule has 0 spiro atoms. The molecule has 1 aromatic carbocycles. The first kappa shape index (κ1) is 22.2. The number of rotatable bonds is 10. The van der Waals surface area contributed by atoms with E-state index in [-0.39, 0.29) is 23.2 Å². The molecule has 164 valence electrons. The van der Waals surface area contributed by atoms with Gasteiger partial charge < -0.3 is 26.8 Å². The van der Waals surface area contributed by atoms with E-state index in [0.29, 0.717) is 18.0 Å². The summed E-state index contributed by atoms with van der Waals surface area (Å²) in [6.45, 7) is 2.41. The van der Waals surface area contributed by atoms with E-state index in [9.17, 15) is 9.18 Å². The molecular weight excluding hydrogens is 399 g/mol. The van der Waals surface area contributed by atoms with Crippen molar-refractivity contribution in [2.24, 2.45) is 11.5 Å². The summed E-state index contributed by atoms with van der Waals surface area (Å²) in [6, 6.07) is 8.29. The van der Waals surface area contributed by atoms with Gasteiger partial charge in [-0.2, -0.15) is 0 Å². The van der Waals surface area contributed by atoms with E-state index in [1.807, 2.05) is 24.3 Å². The van der Waals surface area contributed by atoms with Crippen LogP contribution in [0, 0.1) is 5.82 Å². The maximum atomic E-state index is 14.6. The van der Waals surface area contributed by atoms with Crippen molar-refractivity contribution in [1.29, 1.82) is 0 Å². The first-order chi connectivity index (χ1) is 14.9. The minimum Gasteiger partial charge on any atom is -0.497 e. The fourth-order valence-electron chi connectivity index (χ4n) is 3.20. The highest BCUT2D eigenvalue weighted by atomic mass is 19.1. The zero-order valence-electron chi connectivity index (χ0n) is 17.6. The number of fused-ring (bicyclic) bond motifs is 1. The van der Waals surface area contributed by atoms with E-state index >= 15 is 0 Å². The van der Waals surface area contributed by atoms with Crippen LogP contribution in [0.5, 0.6) is 5.75 Å². The minimum atomic E-state index is -0.791. The summed E-state index contributed by atoms with van der Waals surface area (Å²) in [4.78, 5) is 20.6. The quantitative estimate of drug-likeness (QED) is 0.390. The highest BCUT2D eigenvalue weighted by Gasteiger charge is 2.18. The van der Waals surface area contributed by atoms with E-state index in [0.717, 1.165) is 36.2 Å². The molecule has 0 fully saturated rings. The number of hydrogen-bond donors (Lipinski definition) is 4.